The number of aromatic nitrogens is 2. The highest BCUT2D eigenvalue weighted by Gasteiger charge is 2.23. The van der Waals surface area contributed by atoms with E-state index in [-0.39, 0.29) is 0 Å². The first-order chi connectivity index (χ1) is 9.74. The largest absolute Gasteiger partial charge is 0.355 e. The van der Waals surface area contributed by atoms with Crippen molar-refractivity contribution in [2.75, 3.05) is 18.0 Å². The fraction of sp³-hybridized carbons (Fsp3) is 0.750. The third kappa shape index (κ3) is 2.95. The molecule has 2 rings (SSSR count). The standard InChI is InChI=1S/C16H28N4/c1-4-12-7-9-20(10-8-12)16-14(11-17)13(5-2)15(6-3)18-19-16/h12H,4-11,17H2,1-3H3. The summed E-state index contributed by atoms with van der Waals surface area (Å²) in [7, 11) is 0. The Hall–Kier alpha value is -1.16. The molecule has 0 aliphatic carbocycles. The predicted octanol–water partition coefficient (Wildman–Crippen LogP) is 2.69. The summed E-state index contributed by atoms with van der Waals surface area (Å²) in [4.78, 5) is 2.39. The number of nitrogens with two attached hydrogens (primary N) is 1. The molecule has 4 heteroatoms. The van der Waals surface area contributed by atoms with E-state index in [2.05, 4.69) is 35.9 Å². The summed E-state index contributed by atoms with van der Waals surface area (Å²) >= 11 is 0. The van der Waals surface area contributed by atoms with Gasteiger partial charge in [-0.3, -0.25) is 0 Å². The Morgan fingerprint density at radius 1 is 1.05 bits per heavy atom. The van der Waals surface area contributed by atoms with Crippen LogP contribution in [0.4, 0.5) is 5.82 Å². The van der Waals surface area contributed by atoms with E-state index in [1.165, 1.54) is 30.4 Å². The maximum absolute atomic E-state index is 6.02. The molecule has 1 fully saturated rings. The van der Waals surface area contributed by atoms with E-state index in [0.29, 0.717) is 6.54 Å². The van der Waals surface area contributed by atoms with Crippen LogP contribution in [0.5, 0.6) is 0 Å². The lowest BCUT2D eigenvalue weighted by atomic mass is 9.94. The minimum atomic E-state index is 0.564. The van der Waals surface area contributed by atoms with E-state index >= 15 is 0 Å². The molecule has 1 aliphatic heterocycles. The zero-order valence-electron chi connectivity index (χ0n) is 13.2. The molecule has 4 nitrogen and oxygen atoms in total. The zero-order valence-corrected chi connectivity index (χ0v) is 13.2. The molecular weight excluding hydrogens is 248 g/mol. The lowest BCUT2D eigenvalue weighted by Gasteiger charge is -2.33. The second-order valence-corrected chi connectivity index (χ2v) is 5.68. The Balaban J connectivity index is 2.28. The summed E-state index contributed by atoms with van der Waals surface area (Å²) < 4.78 is 0. The molecule has 0 aromatic carbocycles. The highest BCUT2D eigenvalue weighted by Crippen LogP contribution is 2.28. The SMILES string of the molecule is CCc1nnc(N2CCC(CC)CC2)c(CN)c1CC. The van der Waals surface area contributed by atoms with Crippen molar-refractivity contribution in [2.45, 2.75) is 59.4 Å². The molecule has 1 aromatic heterocycles. The first-order valence-electron chi connectivity index (χ1n) is 8.07. The number of hydrogen-bond donors (Lipinski definition) is 1. The van der Waals surface area contributed by atoms with Crippen molar-refractivity contribution in [2.24, 2.45) is 11.7 Å². The Morgan fingerprint density at radius 3 is 2.25 bits per heavy atom. The molecule has 2 heterocycles. The third-order valence-electron chi connectivity index (χ3n) is 4.63. The van der Waals surface area contributed by atoms with Gasteiger partial charge in [-0.1, -0.05) is 27.2 Å². The maximum atomic E-state index is 6.02. The van der Waals surface area contributed by atoms with Crippen LogP contribution in [0.3, 0.4) is 0 Å². The van der Waals surface area contributed by atoms with E-state index in [9.17, 15) is 0 Å². The second kappa shape index (κ2) is 7.02. The van der Waals surface area contributed by atoms with Crippen molar-refractivity contribution in [1.29, 1.82) is 0 Å². The minimum Gasteiger partial charge on any atom is -0.355 e. The fourth-order valence-electron chi connectivity index (χ4n) is 3.26. The molecule has 2 N–H and O–H groups in total. The molecule has 0 unspecified atom stereocenters. The summed E-state index contributed by atoms with van der Waals surface area (Å²) in [6.45, 7) is 9.35. The average Bonchev–Trinajstić information content (AvgIpc) is 2.53. The van der Waals surface area contributed by atoms with Crippen LogP contribution in [0.2, 0.25) is 0 Å². The van der Waals surface area contributed by atoms with Crippen molar-refractivity contribution in [3.05, 3.63) is 16.8 Å². The van der Waals surface area contributed by atoms with Gasteiger partial charge in [0.1, 0.15) is 0 Å². The van der Waals surface area contributed by atoms with Gasteiger partial charge < -0.3 is 10.6 Å². The number of anilines is 1. The van der Waals surface area contributed by atoms with Crippen LogP contribution in [-0.4, -0.2) is 23.3 Å². The Labute approximate surface area is 122 Å². The van der Waals surface area contributed by atoms with Gasteiger partial charge in [0.15, 0.2) is 5.82 Å². The van der Waals surface area contributed by atoms with Gasteiger partial charge in [0, 0.05) is 25.2 Å². The Morgan fingerprint density at radius 2 is 1.75 bits per heavy atom. The summed E-state index contributed by atoms with van der Waals surface area (Å²) in [5.74, 6) is 1.91. The molecule has 20 heavy (non-hydrogen) atoms. The van der Waals surface area contributed by atoms with Gasteiger partial charge in [-0.2, -0.15) is 5.10 Å². The molecule has 0 atom stereocenters. The summed E-state index contributed by atoms with van der Waals surface area (Å²) in [5.41, 5.74) is 9.66. The van der Waals surface area contributed by atoms with Crippen LogP contribution >= 0.6 is 0 Å². The van der Waals surface area contributed by atoms with Crippen LogP contribution in [0.1, 0.15) is 56.9 Å². The third-order valence-corrected chi connectivity index (χ3v) is 4.63. The van der Waals surface area contributed by atoms with Crippen molar-refractivity contribution in [3.63, 3.8) is 0 Å². The number of hydrogen-bond acceptors (Lipinski definition) is 4. The highest BCUT2D eigenvalue weighted by molar-refractivity contribution is 5.51. The number of piperidine rings is 1. The number of rotatable bonds is 5. The van der Waals surface area contributed by atoms with E-state index in [0.717, 1.165) is 43.4 Å². The Kier molecular flexibility index (Phi) is 5.35. The number of aryl methyl sites for hydroxylation is 1. The zero-order chi connectivity index (χ0) is 14.5. The Bertz CT molecular complexity index is 436. The van der Waals surface area contributed by atoms with Crippen LogP contribution in [0.15, 0.2) is 0 Å². The topological polar surface area (TPSA) is 55.0 Å². The van der Waals surface area contributed by atoms with Gasteiger partial charge in [-0.05, 0) is 37.2 Å². The van der Waals surface area contributed by atoms with E-state index in [1.54, 1.807) is 0 Å². The van der Waals surface area contributed by atoms with E-state index < -0.39 is 0 Å². The van der Waals surface area contributed by atoms with Crippen molar-refractivity contribution < 1.29 is 0 Å². The van der Waals surface area contributed by atoms with E-state index in [1.807, 2.05) is 0 Å². The summed E-state index contributed by atoms with van der Waals surface area (Å²) in [6.07, 6.45) is 5.74. The van der Waals surface area contributed by atoms with E-state index in [4.69, 9.17) is 5.73 Å². The van der Waals surface area contributed by atoms with Crippen molar-refractivity contribution in [3.8, 4) is 0 Å². The van der Waals surface area contributed by atoms with Gasteiger partial charge in [0.05, 0.1) is 5.69 Å². The molecule has 1 saturated heterocycles. The van der Waals surface area contributed by atoms with Crippen LogP contribution in [0.25, 0.3) is 0 Å². The molecule has 0 amide bonds. The summed E-state index contributed by atoms with van der Waals surface area (Å²) in [6, 6.07) is 0. The van der Waals surface area contributed by atoms with Gasteiger partial charge in [-0.15, -0.1) is 5.10 Å². The van der Waals surface area contributed by atoms with Crippen molar-refractivity contribution in [1.82, 2.24) is 10.2 Å². The summed E-state index contributed by atoms with van der Waals surface area (Å²) in [5, 5.41) is 8.94. The number of nitrogens with zero attached hydrogens (tertiary/aromatic N) is 3. The lowest BCUT2D eigenvalue weighted by molar-refractivity contribution is 0.392. The fourth-order valence-corrected chi connectivity index (χ4v) is 3.26. The molecule has 1 aliphatic rings. The molecular formula is C16H28N4. The smallest absolute Gasteiger partial charge is 0.156 e. The molecule has 0 spiro atoms. The first-order valence-corrected chi connectivity index (χ1v) is 8.07. The van der Waals surface area contributed by atoms with Gasteiger partial charge in [-0.25, -0.2) is 0 Å². The maximum Gasteiger partial charge on any atom is 0.156 e. The minimum absolute atomic E-state index is 0.564. The van der Waals surface area contributed by atoms with Gasteiger partial charge in [0.2, 0.25) is 0 Å². The normalized spacial score (nSPS) is 16.7. The molecule has 0 saturated carbocycles. The first kappa shape index (κ1) is 15.2. The second-order valence-electron chi connectivity index (χ2n) is 5.68. The molecule has 1 aromatic rings. The molecule has 0 bridgehead atoms. The highest BCUT2D eigenvalue weighted by atomic mass is 15.3. The quantitative estimate of drug-likeness (QED) is 0.898. The molecule has 112 valence electrons. The van der Waals surface area contributed by atoms with Crippen LogP contribution < -0.4 is 10.6 Å². The van der Waals surface area contributed by atoms with Crippen LogP contribution in [0, 0.1) is 5.92 Å². The lowest BCUT2D eigenvalue weighted by Crippen LogP contribution is -2.35. The van der Waals surface area contributed by atoms with Crippen molar-refractivity contribution >= 4 is 5.82 Å². The monoisotopic (exact) mass is 276 g/mol. The predicted molar refractivity (Wildman–Crippen MR) is 83.9 cm³/mol. The van der Waals surface area contributed by atoms with Gasteiger partial charge in [0.25, 0.3) is 0 Å². The van der Waals surface area contributed by atoms with Gasteiger partial charge >= 0.3 is 0 Å². The molecule has 0 radical (unpaired) electrons. The van der Waals surface area contributed by atoms with Crippen LogP contribution in [-0.2, 0) is 19.4 Å². The average molecular weight is 276 g/mol.